The molecule has 1 amide bonds. The first-order chi connectivity index (χ1) is 15.8. The van der Waals surface area contributed by atoms with Gasteiger partial charge in [-0.25, -0.2) is 4.68 Å². The van der Waals surface area contributed by atoms with E-state index < -0.39 is 6.36 Å². The maximum atomic E-state index is 13.3. The van der Waals surface area contributed by atoms with Crippen molar-refractivity contribution in [2.45, 2.75) is 12.9 Å². The Hall–Kier alpha value is -4.14. The molecule has 2 heterocycles. The molecule has 168 valence electrons. The highest BCUT2D eigenvalue weighted by Gasteiger charge is 2.31. The molecule has 6 nitrogen and oxygen atoms in total. The fourth-order valence-electron chi connectivity index (χ4n) is 3.31. The maximum absolute atomic E-state index is 13.3. The summed E-state index contributed by atoms with van der Waals surface area (Å²) in [5.41, 5.74) is 3.00. The Morgan fingerprint density at radius 3 is 2.39 bits per heavy atom. The molecule has 0 saturated carbocycles. The lowest BCUT2D eigenvalue weighted by Gasteiger charge is -2.17. The number of pyridine rings is 1. The van der Waals surface area contributed by atoms with Gasteiger partial charge in [-0.3, -0.25) is 9.78 Å². The van der Waals surface area contributed by atoms with Gasteiger partial charge in [-0.1, -0.05) is 30.3 Å². The Bertz CT molecular complexity index is 1220. The molecule has 0 radical (unpaired) electrons. The molecule has 0 aliphatic carbocycles. The van der Waals surface area contributed by atoms with Crippen molar-refractivity contribution in [3.63, 3.8) is 0 Å². The van der Waals surface area contributed by atoms with Crippen LogP contribution in [-0.4, -0.2) is 39.0 Å². The van der Waals surface area contributed by atoms with Gasteiger partial charge >= 0.3 is 6.36 Å². The van der Waals surface area contributed by atoms with E-state index in [0.717, 1.165) is 5.69 Å². The van der Waals surface area contributed by atoms with E-state index in [0.29, 0.717) is 22.4 Å². The van der Waals surface area contributed by atoms with Crippen LogP contribution in [0, 0.1) is 0 Å². The SMILES string of the molecule is CN(Cc1ccc(OC(F)(F)F)cc1)C(=O)c1cn(-c2ccccc2)nc1-c1cccnc1. The number of hydrogen-bond acceptors (Lipinski definition) is 4. The fourth-order valence-corrected chi connectivity index (χ4v) is 3.31. The van der Waals surface area contributed by atoms with E-state index in [1.54, 1.807) is 36.4 Å². The molecule has 0 fully saturated rings. The minimum Gasteiger partial charge on any atom is -0.406 e. The van der Waals surface area contributed by atoms with Crippen molar-refractivity contribution >= 4 is 5.91 Å². The van der Waals surface area contributed by atoms with Crippen molar-refractivity contribution in [1.29, 1.82) is 0 Å². The number of amides is 1. The van der Waals surface area contributed by atoms with Gasteiger partial charge in [0.15, 0.2) is 0 Å². The highest BCUT2D eigenvalue weighted by molar-refractivity contribution is 5.99. The first-order valence-corrected chi connectivity index (χ1v) is 9.96. The number of aromatic nitrogens is 3. The third-order valence-electron chi connectivity index (χ3n) is 4.82. The number of carbonyl (C=O) groups excluding carboxylic acids is 1. The number of rotatable bonds is 6. The highest BCUT2D eigenvalue weighted by Crippen LogP contribution is 2.26. The van der Waals surface area contributed by atoms with Gasteiger partial charge in [0.2, 0.25) is 0 Å². The van der Waals surface area contributed by atoms with Gasteiger partial charge in [0, 0.05) is 37.7 Å². The van der Waals surface area contributed by atoms with E-state index in [1.807, 2.05) is 36.4 Å². The lowest BCUT2D eigenvalue weighted by Crippen LogP contribution is -2.26. The molecule has 33 heavy (non-hydrogen) atoms. The normalized spacial score (nSPS) is 11.3. The smallest absolute Gasteiger partial charge is 0.406 e. The minimum atomic E-state index is -4.75. The van der Waals surface area contributed by atoms with E-state index in [-0.39, 0.29) is 18.2 Å². The summed E-state index contributed by atoms with van der Waals surface area (Å²) in [5, 5.41) is 4.61. The molecule has 9 heteroatoms. The van der Waals surface area contributed by atoms with Crippen molar-refractivity contribution in [3.8, 4) is 22.7 Å². The van der Waals surface area contributed by atoms with Crippen LogP contribution in [0.4, 0.5) is 13.2 Å². The van der Waals surface area contributed by atoms with Crippen LogP contribution in [0.1, 0.15) is 15.9 Å². The molecule has 2 aromatic heterocycles. The maximum Gasteiger partial charge on any atom is 0.573 e. The first kappa shape index (κ1) is 22.1. The number of nitrogens with zero attached hydrogens (tertiary/aromatic N) is 4. The summed E-state index contributed by atoms with van der Waals surface area (Å²) in [4.78, 5) is 18.9. The lowest BCUT2D eigenvalue weighted by molar-refractivity contribution is -0.274. The van der Waals surface area contributed by atoms with E-state index in [2.05, 4.69) is 14.8 Å². The van der Waals surface area contributed by atoms with Crippen LogP contribution in [0.15, 0.2) is 85.3 Å². The molecule has 0 saturated heterocycles. The molecule has 0 bridgehead atoms. The standard InChI is InChI=1S/C24H19F3N4O2/c1-30(15-17-9-11-20(12-10-17)33-24(25,26)27)23(32)21-16-31(19-7-3-2-4-8-19)29-22(21)18-6-5-13-28-14-18/h2-14,16H,15H2,1H3. The second-order valence-corrected chi connectivity index (χ2v) is 7.27. The third-order valence-corrected chi connectivity index (χ3v) is 4.82. The molecular weight excluding hydrogens is 433 g/mol. The summed E-state index contributed by atoms with van der Waals surface area (Å²) in [5.74, 6) is -0.602. The Kier molecular flexibility index (Phi) is 6.12. The van der Waals surface area contributed by atoms with Gasteiger partial charge in [-0.05, 0) is 42.0 Å². The zero-order valence-electron chi connectivity index (χ0n) is 17.5. The summed E-state index contributed by atoms with van der Waals surface area (Å²) in [6.07, 6.45) is 0.179. The number of alkyl halides is 3. The number of hydrogen-bond donors (Lipinski definition) is 0. The molecule has 0 N–H and O–H groups in total. The fraction of sp³-hybridized carbons (Fsp3) is 0.125. The van der Waals surface area contributed by atoms with Crippen LogP contribution in [0.2, 0.25) is 0 Å². The van der Waals surface area contributed by atoms with Gasteiger partial charge in [-0.2, -0.15) is 5.10 Å². The Morgan fingerprint density at radius 1 is 1.03 bits per heavy atom. The van der Waals surface area contributed by atoms with Crippen molar-refractivity contribution < 1.29 is 22.7 Å². The third kappa shape index (κ3) is 5.38. The van der Waals surface area contributed by atoms with Gasteiger partial charge < -0.3 is 9.64 Å². The van der Waals surface area contributed by atoms with E-state index in [9.17, 15) is 18.0 Å². The van der Waals surface area contributed by atoms with Gasteiger partial charge in [-0.15, -0.1) is 13.2 Å². The molecule has 2 aromatic carbocycles. The van der Waals surface area contributed by atoms with Gasteiger partial charge in [0.1, 0.15) is 11.4 Å². The number of ether oxygens (including phenoxy) is 1. The van der Waals surface area contributed by atoms with Crippen LogP contribution in [0.5, 0.6) is 5.75 Å². The topological polar surface area (TPSA) is 60.2 Å². The lowest BCUT2D eigenvalue weighted by atomic mass is 10.1. The molecule has 0 unspecified atom stereocenters. The average Bonchev–Trinajstić information content (AvgIpc) is 3.25. The zero-order valence-corrected chi connectivity index (χ0v) is 17.5. The summed E-state index contributed by atoms with van der Waals surface area (Å²) in [6, 6.07) is 18.4. The Morgan fingerprint density at radius 2 is 1.76 bits per heavy atom. The summed E-state index contributed by atoms with van der Waals surface area (Å²) < 4.78 is 42.6. The summed E-state index contributed by atoms with van der Waals surface area (Å²) in [7, 11) is 1.62. The van der Waals surface area contributed by atoms with Gasteiger partial charge in [0.05, 0.1) is 11.3 Å². The number of halogens is 3. The van der Waals surface area contributed by atoms with Gasteiger partial charge in [0.25, 0.3) is 5.91 Å². The van der Waals surface area contributed by atoms with Crippen LogP contribution >= 0.6 is 0 Å². The summed E-state index contributed by atoms with van der Waals surface area (Å²) >= 11 is 0. The minimum absolute atomic E-state index is 0.189. The van der Waals surface area contributed by atoms with Crippen LogP contribution in [0.25, 0.3) is 16.9 Å². The predicted molar refractivity (Wildman–Crippen MR) is 116 cm³/mol. The zero-order chi connectivity index (χ0) is 23.4. The first-order valence-electron chi connectivity index (χ1n) is 9.96. The molecule has 0 aliphatic heterocycles. The van der Waals surface area contributed by atoms with Crippen molar-refractivity contribution in [2.75, 3.05) is 7.05 Å². The molecular formula is C24H19F3N4O2. The molecule has 0 atom stereocenters. The number of benzene rings is 2. The quantitative estimate of drug-likeness (QED) is 0.408. The molecule has 4 rings (SSSR count). The average molecular weight is 452 g/mol. The largest absolute Gasteiger partial charge is 0.573 e. The highest BCUT2D eigenvalue weighted by atomic mass is 19.4. The van der Waals surface area contributed by atoms with E-state index in [1.165, 1.54) is 29.2 Å². The van der Waals surface area contributed by atoms with Crippen molar-refractivity contribution in [3.05, 3.63) is 96.4 Å². The van der Waals surface area contributed by atoms with Crippen LogP contribution < -0.4 is 4.74 Å². The number of carbonyl (C=O) groups is 1. The second kappa shape index (κ2) is 9.15. The van der Waals surface area contributed by atoms with E-state index >= 15 is 0 Å². The monoisotopic (exact) mass is 452 g/mol. The molecule has 4 aromatic rings. The second-order valence-electron chi connectivity index (χ2n) is 7.27. The predicted octanol–water partition coefficient (Wildman–Crippen LogP) is 5.11. The van der Waals surface area contributed by atoms with E-state index in [4.69, 9.17) is 0 Å². The molecule has 0 spiro atoms. The Labute approximate surface area is 187 Å². The molecule has 0 aliphatic rings. The number of para-hydroxylation sites is 1. The summed E-state index contributed by atoms with van der Waals surface area (Å²) in [6.45, 7) is 0.189. The van der Waals surface area contributed by atoms with Crippen molar-refractivity contribution in [2.24, 2.45) is 0 Å². The Balaban J connectivity index is 1.59. The van der Waals surface area contributed by atoms with Crippen LogP contribution in [-0.2, 0) is 6.54 Å². The van der Waals surface area contributed by atoms with Crippen LogP contribution in [0.3, 0.4) is 0 Å². The van der Waals surface area contributed by atoms with Crippen molar-refractivity contribution in [1.82, 2.24) is 19.7 Å².